The average Bonchev–Trinajstić information content (AvgIpc) is 3.08. The van der Waals surface area contributed by atoms with Crippen LogP contribution in [0.5, 0.6) is 5.75 Å². The second-order valence-corrected chi connectivity index (χ2v) is 16.1. The third kappa shape index (κ3) is 22.1. The fourth-order valence-corrected chi connectivity index (χ4v) is 6.03. The van der Waals surface area contributed by atoms with Crippen LogP contribution >= 0.6 is 0 Å². The Bertz CT molecular complexity index is 1510. The fourth-order valence-electron chi connectivity index (χ4n) is 5.22. The largest absolute Gasteiger partial charge is 0.488 e. The number of ether oxygens (including phenoxy) is 6. The van der Waals surface area contributed by atoms with Crippen LogP contribution in [0.1, 0.15) is 78.1 Å². The number of rotatable bonds is 27. The summed E-state index contributed by atoms with van der Waals surface area (Å²) in [7, 11) is -1.62. The number of esters is 1. The highest BCUT2D eigenvalue weighted by Crippen LogP contribution is 2.35. The zero-order valence-corrected chi connectivity index (χ0v) is 33.8. The smallest absolute Gasteiger partial charge is 0.329 e. The van der Waals surface area contributed by atoms with E-state index in [-0.39, 0.29) is 89.1 Å². The van der Waals surface area contributed by atoms with Gasteiger partial charge in [0.2, 0.25) is 5.91 Å². The number of nitrogens with one attached hydrogen (secondary N) is 3. The van der Waals surface area contributed by atoms with Crippen molar-refractivity contribution in [1.82, 2.24) is 15.6 Å². The van der Waals surface area contributed by atoms with E-state index in [1.54, 1.807) is 36.4 Å². The highest BCUT2D eigenvalue weighted by Gasteiger charge is 2.31. The molecule has 55 heavy (non-hydrogen) atoms. The van der Waals surface area contributed by atoms with Gasteiger partial charge in [-0.15, -0.1) is 0 Å². The van der Waals surface area contributed by atoms with Gasteiger partial charge in [0.15, 0.2) is 11.0 Å². The molecule has 308 valence electrons. The van der Waals surface area contributed by atoms with Gasteiger partial charge in [-0.2, -0.15) is 0 Å². The number of carboxylic acids is 1. The quantitative estimate of drug-likeness (QED) is 0.0748. The van der Waals surface area contributed by atoms with Crippen molar-refractivity contribution in [3.63, 3.8) is 0 Å². The number of nitrogens with zero attached hydrogens (tertiary/aromatic N) is 1. The molecule has 0 aliphatic heterocycles. The first-order chi connectivity index (χ1) is 25.8. The summed E-state index contributed by atoms with van der Waals surface area (Å²) in [5.41, 5.74) is -0.891. The minimum absolute atomic E-state index is 0.145. The molecule has 0 saturated heterocycles. The van der Waals surface area contributed by atoms with E-state index in [9.17, 15) is 23.4 Å². The second-order valence-electron chi connectivity index (χ2n) is 14.9. The zero-order chi connectivity index (χ0) is 40.9. The van der Waals surface area contributed by atoms with E-state index in [0.29, 0.717) is 41.3 Å². The molecule has 0 spiro atoms. The molecule has 0 aliphatic rings. The molecule has 1 atom stereocenters. The highest BCUT2D eigenvalue weighted by molar-refractivity contribution is 7.86. The second kappa shape index (κ2) is 23.7. The number of pyridine rings is 1. The maximum atomic E-state index is 13.0. The summed E-state index contributed by atoms with van der Waals surface area (Å²) in [6.45, 7) is 15.0. The first-order valence-electron chi connectivity index (χ1n) is 18.1. The molecule has 0 aliphatic carbocycles. The summed E-state index contributed by atoms with van der Waals surface area (Å²) < 4.78 is 48.3. The Hall–Kier alpha value is -4.16. The van der Waals surface area contributed by atoms with Gasteiger partial charge in [0.1, 0.15) is 36.0 Å². The van der Waals surface area contributed by atoms with Crippen LogP contribution in [-0.2, 0) is 49.1 Å². The van der Waals surface area contributed by atoms with Crippen LogP contribution in [-0.4, -0.2) is 115 Å². The van der Waals surface area contributed by atoms with Crippen molar-refractivity contribution in [3.8, 4) is 5.75 Å². The predicted molar refractivity (Wildman–Crippen MR) is 205 cm³/mol. The number of amides is 2. The van der Waals surface area contributed by atoms with Gasteiger partial charge in [-0.25, -0.2) is 14.0 Å². The van der Waals surface area contributed by atoms with Crippen LogP contribution in [0.15, 0.2) is 47.5 Å². The lowest BCUT2D eigenvalue weighted by Crippen LogP contribution is -2.35. The molecular formula is C38H58N4O12S. The molecule has 4 N–H and O–H groups in total. The molecule has 1 aromatic heterocycles. The van der Waals surface area contributed by atoms with Crippen LogP contribution in [0.25, 0.3) is 0 Å². The Morgan fingerprint density at radius 1 is 0.764 bits per heavy atom. The number of aliphatic carboxylic acids is 1. The minimum Gasteiger partial charge on any atom is -0.488 e. The van der Waals surface area contributed by atoms with Crippen LogP contribution in [0, 0.1) is 5.41 Å². The average molecular weight is 795 g/mol. The minimum atomic E-state index is -1.62. The van der Waals surface area contributed by atoms with Gasteiger partial charge in [0, 0.05) is 25.7 Å². The van der Waals surface area contributed by atoms with Gasteiger partial charge in [0.05, 0.1) is 50.1 Å². The number of carbonyl (C=O) groups is 4. The number of hydrogen-bond donors (Lipinski definition) is 4. The lowest BCUT2D eigenvalue weighted by molar-refractivity contribution is -0.155. The third-order valence-electron chi connectivity index (χ3n) is 7.29. The summed E-state index contributed by atoms with van der Waals surface area (Å²) >= 11 is 0. The van der Waals surface area contributed by atoms with Gasteiger partial charge in [-0.05, 0) is 89.3 Å². The molecule has 0 fully saturated rings. The lowest BCUT2D eigenvalue weighted by atomic mass is 9.78. The molecule has 1 aromatic carbocycles. The summed E-state index contributed by atoms with van der Waals surface area (Å²) in [4.78, 5) is 51.5. The first kappa shape index (κ1) is 47.0. The Morgan fingerprint density at radius 2 is 1.36 bits per heavy atom. The number of carbonyl (C=O) groups excluding carboxylic acids is 3. The van der Waals surface area contributed by atoms with Crippen molar-refractivity contribution < 1.29 is 56.9 Å². The molecule has 1 heterocycles. The van der Waals surface area contributed by atoms with E-state index in [4.69, 9.17) is 33.5 Å². The third-order valence-corrected chi connectivity index (χ3v) is 8.38. The fraction of sp³-hybridized carbons (Fsp3) is 0.605. The van der Waals surface area contributed by atoms with Gasteiger partial charge >= 0.3 is 11.9 Å². The van der Waals surface area contributed by atoms with E-state index in [0.717, 1.165) is 0 Å². The van der Waals surface area contributed by atoms with Crippen molar-refractivity contribution >= 4 is 40.6 Å². The van der Waals surface area contributed by atoms with Gasteiger partial charge in [-0.3, -0.25) is 19.1 Å². The summed E-state index contributed by atoms with van der Waals surface area (Å²) in [6.07, 6.45) is 3.07. The summed E-state index contributed by atoms with van der Waals surface area (Å²) in [5, 5.41) is 13.8. The normalized spacial score (nSPS) is 12.4. The molecule has 2 aromatic rings. The van der Waals surface area contributed by atoms with Crippen molar-refractivity contribution in [3.05, 3.63) is 48.2 Å². The molecule has 0 radical (unpaired) electrons. The lowest BCUT2D eigenvalue weighted by Gasteiger charge is -2.35. The van der Waals surface area contributed by atoms with E-state index in [2.05, 4.69) is 34.2 Å². The molecule has 1 unspecified atom stereocenters. The van der Waals surface area contributed by atoms with Crippen molar-refractivity contribution in [1.29, 1.82) is 0 Å². The molecular weight excluding hydrogens is 737 g/mol. The standard InChI is InChI=1S/C38H58N4O12S/c1-36(2,3)54-34(46)14-15-37(4,5)27-38(6,7)53-29-9-11-30(12-10-29)55(48)42-31-13-8-28(24-41-31)35(47)40-17-19-50-20-22-51-25-32(43)39-16-18-49-21-23-52-26-33(44)45/h8-13,24H,14-23,25-27H2,1-7H3,(H,39,43)(H,40,47)(H,41,42)(H,44,45). The molecule has 16 nitrogen and oxygen atoms in total. The Morgan fingerprint density at radius 3 is 1.95 bits per heavy atom. The van der Waals surface area contributed by atoms with Crippen molar-refractivity contribution in [2.75, 3.05) is 70.7 Å². The zero-order valence-electron chi connectivity index (χ0n) is 33.0. The number of benzene rings is 1. The van der Waals surface area contributed by atoms with Crippen LogP contribution in [0.3, 0.4) is 0 Å². The number of hydrogen-bond acceptors (Lipinski definition) is 12. The molecule has 0 bridgehead atoms. The highest BCUT2D eigenvalue weighted by atomic mass is 32.2. The van der Waals surface area contributed by atoms with Crippen LogP contribution in [0.2, 0.25) is 0 Å². The molecule has 17 heteroatoms. The topological polar surface area (TPSA) is 210 Å². The van der Waals surface area contributed by atoms with Crippen molar-refractivity contribution in [2.45, 2.75) is 83.8 Å². The van der Waals surface area contributed by atoms with Gasteiger partial charge in [-0.1, -0.05) is 13.8 Å². The maximum Gasteiger partial charge on any atom is 0.329 e. The summed E-state index contributed by atoms with van der Waals surface area (Å²) in [5.74, 6) is -0.970. The number of carboxylic acid groups (broad SMARTS) is 1. The maximum absolute atomic E-state index is 13.0. The molecule has 2 amide bonds. The van der Waals surface area contributed by atoms with Crippen molar-refractivity contribution in [2.24, 2.45) is 5.41 Å². The number of aromatic nitrogens is 1. The Balaban J connectivity index is 1.63. The van der Waals surface area contributed by atoms with Crippen LogP contribution < -0.4 is 20.1 Å². The monoisotopic (exact) mass is 794 g/mol. The Kier molecular flexibility index (Phi) is 20.2. The van der Waals surface area contributed by atoms with Crippen LogP contribution in [0.4, 0.5) is 5.82 Å². The summed E-state index contributed by atoms with van der Waals surface area (Å²) in [6, 6.07) is 10.1. The predicted octanol–water partition coefficient (Wildman–Crippen LogP) is 3.91. The van der Waals surface area contributed by atoms with E-state index in [1.165, 1.54) is 6.20 Å². The van der Waals surface area contributed by atoms with E-state index in [1.807, 2.05) is 34.6 Å². The number of anilines is 1. The molecule has 0 saturated carbocycles. The van der Waals surface area contributed by atoms with E-state index < -0.39 is 28.2 Å². The SMILES string of the molecule is CC(C)(CCC(=O)OC(C)(C)C)CC(C)(C)Oc1ccc(S(=O)Nc2ccc(C(=O)NCCOCCOCC(=O)NCCOCCOCC(=O)O)cn2)cc1. The van der Waals surface area contributed by atoms with Gasteiger partial charge in [0.25, 0.3) is 5.91 Å². The van der Waals surface area contributed by atoms with E-state index >= 15 is 0 Å². The first-order valence-corrected chi connectivity index (χ1v) is 19.2. The molecule has 2 rings (SSSR count). The van der Waals surface area contributed by atoms with Gasteiger partial charge < -0.3 is 44.2 Å². The Labute approximate surface area is 326 Å².